The van der Waals surface area contributed by atoms with Crippen LogP contribution in [0.4, 0.5) is 5.82 Å². The van der Waals surface area contributed by atoms with Gasteiger partial charge in [-0.3, -0.25) is 4.79 Å². The molecule has 0 atom stereocenters. The van der Waals surface area contributed by atoms with Crippen LogP contribution in [0.15, 0.2) is 83.9 Å². The van der Waals surface area contributed by atoms with Gasteiger partial charge in [0.05, 0.1) is 11.4 Å². The van der Waals surface area contributed by atoms with Crippen LogP contribution in [0.25, 0.3) is 16.9 Å². The third kappa shape index (κ3) is 3.60. The fourth-order valence-corrected chi connectivity index (χ4v) is 3.30. The standard InChI is InChI=1S/C20H16N4OS/c25-20(14-26-16-9-5-2-6-10-16)22-18-11-12-21-19-13-17(23-24(18)19)15-7-3-1-4-8-15/h1-13H,14H2,(H,22,25). The van der Waals surface area contributed by atoms with E-state index in [1.54, 1.807) is 16.8 Å². The molecule has 5 nitrogen and oxygen atoms in total. The Kier molecular flexibility index (Phi) is 4.66. The van der Waals surface area contributed by atoms with Crippen LogP contribution >= 0.6 is 11.8 Å². The first-order valence-corrected chi connectivity index (χ1v) is 9.16. The van der Waals surface area contributed by atoms with E-state index in [2.05, 4.69) is 15.4 Å². The molecule has 0 radical (unpaired) electrons. The predicted molar refractivity (Wildman–Crippen MR) is 104 cm³/mol. The maximum absolute atomic E-state index is 12.3. The average Bonchev–Trinajstić information content (AvgIpc) is 3.13. The van der Waals surface area contributed by atoms with Crippen LogP contribution in [0, 0.1) is 0 Å². The van der Waals surface area contributed by atoms with Gasteiger partial charge in [0.25, 0.3) is 0 Å². The molecular weight excluding hydrogens is 344 g/mol. The quantitative estimate of drug-likeness (QED) is 0.544. The summed E-state index contributed by atoms with van der Waals surface area (Å²) in [4.78, 5) is 17.7. The van der Waals surface area contributed by atoms with Crippen molar-refractivity contribution >= 4 is 29.1 Å². The number of anilines is 1. The van der Waals surface area contributed by atoms with E-state index in [4.69, 9.17) is 0 Å². The summed E-state index contributed by atoms with van der Waals surface area (Å²) in [6.07, 6.45) is 1.67. The Morgan fingerprint density at radius 1 is 1.00 bits per heavy atom. The van der Waals surface area contributed by atoms with Crippen molar-refractivity contribution in [2.75, 3.05) is 11.1 Å². The number of carbonyl (C=O) groups excluding carboxylic acids is 1. The summed E-state index contributed by atoms with van der Waals surface area (Å²) in [6.45, 7) is 0. The molecule has 0 bridgehead atoms. The molecule has 0 unspecified atom stereocenters. The number of nitrogens with one attached hydrogen (secondary N) is 1. The molecular formula is C20H16N4OS. The van der Waals surface area contributed by atoms with Crippen LogP contribution in [-0.2, 0) is 4.79 Å². The number of hydrogen-bond donors (Lipinski definition) is 1. The van der Waals surface area contributed by atoms with E-state index < -0.39 is 0 Å². The SMILES string of the molecule is O=C(CSc1ccccc1)Nc1ccnc2cc(-c3ccccc3)nn12. The number of hydrogen-bond acceptors (Lipinski definition) is 4. The second kappa shape index (κ2) is 7.41. The van der Waals surface area contributed by atoms with Gasteiger partial charge in [-0.25, -0.2) is 4.98 Å². The zero-order chi connectivity index (χ0) is 17.8. The van der Waals surface area contributed by atoms with Crippen molar-refractivity contribution < 1.29 is 4.79 Å². The Morgan fingerprint density at radius 2 is 1.73 bits per heavy atom. The van der Waals surface area contributed by atoms with E-state index in [1.807, 2.05) is 66.7 Å². The van der Waals surface area contributed by atoms with Gasteiger partial charge >= 0.3 is 0 Å². The topological polar surface area (TPSA) is 59.3 Å². The lowest BCUT2D eigenvalue weighted by Crippen LogP contribution is -2.16. The minimum Gasteiger partial charge on any atom is -0.310 e. The summed E-state index contributed by atoms with van der Waals surface area (Å²) >= 11 is 1.50. The molecule has 0 aliphatic rings. The second-order valence-electron chi connectivity index (χ2n) is 5.65. The molecule has 1 amide bonds. The molecule has 1 N–H and O–H groups in total. The minimum atomic E-state index is -0.0804. The van der Waals surface area contributed by atoms with Crippen LogP contribution in [0.2, 0.25) is 0 Å². The van der Waals surface area contributed by atoms with E-state index >= 15 is 0 Å². The molecule has 0 saturated heterocycles. The first-order valence-electron chi connectivity index (χ1n) is 8.17. The summed E-state index contributed by atoms with van der Waals surface area (Å²) in [5.41, 5.74) is 2.52. The lowest BCUT2D eigenvalue weighted by atomic mass is 10.2. The number of rotatable bonds is 5. The zero-order valence-electron chi connectivity index (χ0n) is 13.9. The summed E-state index contributed by atoms with van der Waals surface area (Å²) < 4.78 is 1.66. The molecule has 0 aliphatic heterocycles. The van der Waals surface area contributed by atoms with E-state index in [0.717, 1.165) is 16.2 Å². The molecule has 0 spiro atoms. The zero-order valence-corrected chi connectivity index (χ0v) is 14.7. The lowest BCUT2D eigenvalue weighted by Gasteiger charge is -2.06. The van der Waals surface area contributed by atoms with Crippen LogP contribution < -0.4 is 5.32 Å². The van der Waals surface area contributed by atoms with Crippen molar-refractivity contribution in [3.05, 3.63) is 79.0 Å². The highest BCUT2D eigenvalue weighted by molar-refractivity contribution is 8.00. The molecule has 2 heterocycles. The first kappa shape index (κ1) is 16.4. The van der Waals surface area contributed by atoms with Gasteiger partial charge in [0.1, 0.15) is 5.82 Å². The van der Waals surface area contributed by atoms with Gasteiger partial charge in [-0.15, -0.1) is 11.8 Å². The third-order valence-electron chi connectivity index (χ3n) is 3.81. The fourth-order valence-electron chi connectivity index (χ4n) is 2.58. The van der Waals surface area contributed by atoms with Crippen molar-refractivity contribution in [1.29, 1.82) is 0 Å². The van der Waals surface area contributed by atoms with Crippen molar-refractivity contribution in [3.8, 4) is 11.3 Å². The highest BCUT2D eigenvalue weighted by atomic mass is 32.2. The van der Waals surface area contributed by atoms with Gasteiger partial charge in [0, 0.05) is 22.7 Å². The molecule has 2 aromatic heterocycles. The Bertz CT molecular complexity index is 1030. The number of aromatic nitrogens is 3. The highest BCUT2D eigenvalue weighted by Gasteiger charge is 2.10. The number of nitrogens with zero attached hydrogens (tertiary/aromatic N) is 3. The van der Waals surface area contributed by atoms with Crippen molar-refractivity contribution in [2.45, 2.75) is 4.90 Å². The number of thioether (sulfide) groups is 1. The number of amides is 1. The molecule has 128 valence electrons. The van der Waals surface area contributed by atoms with Gasteiger partial charge in [-0.1, -0.05) is 48.5 Å². The van der Waals surface area contributed by atoms with E-state index in [0.29, 0.717) is 17.2 Å². The van der Waals surface area contributed by atoms with Crippen LogP contribution in [0.3, 0.4) is 0 Å². The number of carbonyl (C=O) groups is 1. The summed E-state index contributed by atoms with van der Waals surface area (Å²) in [7, 11) is 0. The molecule has 4 aromatic rings. The maximum atomic E-state index is 12.3. The van der Waals surface area contributed by atoms with Crippen LogP contribution in [0.1, 0.15) is 0 Å². The predicted octanol–water partition coefficient (Wildman–Crippen LogP) is 4.13. The summed E-state index contributed by atoms with van der Waals surface area (Å²) in [6, 6.07) is 23.4. The largest absolute Gasteiger partial charge is 0.310 e. The normalized spacial score (nSPS) is 10.8. The Morgan fingerprint density at radius 3 is 2.50 bits per heavy atom. The molecule has 6 heteroatoms. The smallest absolute Gasteiger partial charge is 0.235 e. The van der Waals surface area contributed by atoms with Crippen molar-refractivity contribution in [1.82, 2.24) is 14.6 Å². The monoisotopic (exact) mass is 360 g/mol. The average molecular weight is 360 g/mol. The lowest BCUT2D eigenvalue weighted by molar-refractivity contribution is -0.113. The van der Waals surface area contributed by atoms with E-state index in [-0.39, 0.29) is 5.91 Å². The van der Waals surface area contributed by atoms with E-state index in [1.165, 1.54) is 11.8 Å². The van der Waals surface area contributed by atoms with Crippen molar-refractivity contribution in [2.24, 2.45) is 0 Å². The van der Waals surface area contributed by atoms with E-state index in [9.17, 15) is 4.79 Å². The molecule has 2 aromatic carbocycles. The van der Waals surface area contributed by atoms with Gasteiger partial charge in [0.15, 0.2) is 5.65 Å². The molecule has 0 fully saturated rings. The Balaban J connectivity index is 1.53. The van der Waals surface area contributed by atoms with Crippen molar-refractivity contribution in [3.63, 3.8) is 0 Å². The maximum Gasteiger partial charge on any atom is 0.235 e. The van der Waals surface area contributed by atoms with Gasteiger partial charge in [-0.05, 0) is 18.2 Å². The number of fused-ring (bicyclic) bond motifs is 1. The highest BCUT2D eigenvalue weighted by Crippen LogP contribution is 2.21. The fraction of sp³-hybridized carbons (Fsp3) is 0.0500. The first-order chi connectivity index (χ1) is 12.8. The van der Waals surface area contributed by atoms with Gasteiger partial charge < -0.3 is 5.32 Å². The minimum absolute atomic E-state index is 0.0804. The Hall–Kier alpha value is -3.12. The second-order valence-corrected chi connectivity index (χ2v) is 6.69. The molecule has 0 aliphatic carbocycles. The third-order valence-corrected chi connectivity index (χ3v) is 4.82. The molecule has 0 saturated carbocycles. The Labute approximate surface area is 155 Å². The van der Waals surface area contributed by atoms with Crippen LogP contribution in [-0.4, -0.2) is 26.3 Å². The van der Waals surface area contributed by atoms with Gasteiger partial charge in [0.2, 0.25) is 5.91 Å². The molecule has 26 heavy (non-hydrogen) atoms. The molecule has 4 rings (SSSR count). The van der Waals surface area contributed by atoms with Crippen LogP contribution in [0.5, 0.6) is 0 Å². The summed E-state index contributed by atoms with van der Waals surface area (Å²) in [5.74, 6) is 0.861. The number of benzene rings is 2. The van der Waals surface area contributed by atoms with Gasteiger partial charge in [-0.2, -0.15) is 9.61 Å². The summed E-state index contributed by atoms with van der Waals surface area (Å²) in [5, 5.41) is 7.51.